The number of hydrogen-bond donors (Lipinski definition) is 4. The predicted molar refractivity (Wildman–Crippen MR) is 116 cm³/mol. The van der Waals surface area contributed by atoms with Gasteiger partial charge in [-0.15, -0.1) is 0 Å². The van der Waals surface area contributed by atoms with Crippen LogP contribution in [0.25, 0.3) is 0 Å². The Balaban J connectivity index is 1.80. The van der Waals surface area contributed by atoms with Gasteiger partial charge in [0.25, 0.3) is 5.17 Å². The normalized spacial score (nSPS) is 23.4. The summed E-state index contributed by atoms with van der Waals surface area (Å²) in [5.74, 6) is -1.45. The first-order valence-corrected chi connectivity index (χ1v) is 10.8. The first-order chi connectivity index (χ1) is 15.1. The summed E-state index contributed by atoms with van der Waals surface area (Å²) in [6, 6.07) is 4.89. The number of nitrogens with one attached hydrogen (secondary N) is 1. The van der Waals surface area contributed by atoms with E-state index in [9.17, 15) is 28.2 Å². The molecule has 10 heteroatoms. The standard InChI is InChI=1S/C22H28F3NO5S/c23-22(24,25)15-7-5-6-14(10-15)12-26-21(32)31-13-17-16(18(27)11-19(17)28)8-3-1-2-4-9-20(29)30/h1,3,5-7,10,16-19,27-28H,2,4,8-9,11-13H2,(H,26,32)(H,29,30)/b3-1-/t16-,17-,18?,19?/m1/s1. The number of hydrogen-bond acceptors (Lipinski definition) is 5. The lowest BCUT2D eigenvalue weighted by Gasteiger charge is -2.23. The van der Waals surface area contributed by atoms with Crippen molar-refractivity contribution in [2.45, 2.75) is 57.0 Å². The van der Waals surface area contributed by atoms with Crippen molar-refractivity contribution in [2.75, 3.05) is 6.61 Å². The van der Waals surface area contributed by atoms with Crippen molar-refractivity contribution in [1.82, 2.24) is 5.32 Å². The first kappa shape index (κ1) is 26.1. The highest BCUT2D eigenvalue weighted by Gasteiger charge is 2.41. The monoisotopic (exact) mass is 475 g/mol. The highest BCUT2D eigenvalue weighted by atomic mass is 32.1. The quantitative estimate of drug-likeness (QED) is 0.233. The zero-order chi connectivity index (χ0) is 23.7. The van der Waals surface area contributed by atoms with Crippen LogP contribution in [0.1, 0.15) is 43.2 Å². The van der Waals surface area contributed by atoms with Gasteiger partial charge in [-0.1, -0.05) is 24.3 Å². The van der Waals surface area contributed by atoms with E-state index >= 15 is 0 Å². The van der Waals surface area contributed by atoms with Crippen LogP contribution in [0.15, 0.2) is 36.4 Å². The number of ether oxygens (including phenoxy) is 1. The summed E-state index contributed by atoms with van der Waals surface area (Å²) in [5, 5.41) is 31.9. The third-order valence-electron chi connectivity index (χ3n) is 5.46. The van der Waals surface area contributed by atoms with Crippen LogP contribution in [0.5, 0.6) is 0 Å². The van der Waals surface area contributed by atoms with E-state index in [1.54, 1.807) is 6.07 Å². The lowest BCUT2D eigenvalue weighted by Crippen LogP contribution is -2.31. The van der Waals surface area contributed by atoms with E-state index < -0.39 is 29.9 Å². The number of halogens is 3. The third-order valence-corrected chi connectivity index (χ3v) is 5.72. The number of carboxylic acid groups (broad SMARTS) is 1. The van der Waals surface area contributed by atoms with Crippen LogP contribution in [0.4, 0.5) is 13.2 Å². The van der Waals surface area contributed by atoms with Gasteiger partial charge in [-0.25, -0.2) is 0 Å². The van der Waals surface area contributed by atoms with Crippen molar-refractivity contribution in [3.63, 3.8) is 0 Å². The maximum absolute atomic E-state index is 12.8. The number of allylic oxidation sites excluding steroid dienone is 2. The molecule has 0 saturated heterocycles. The Bertz CT molecular complexity index is 802. The molecule has 1 aliphatic rings. The van der Waals surface area contributed by atoms with Gasteiger partial charge < -0.3 is 25.4 Å². The smallest absolute Gasteiger partial charge is 0.416 e. The number of aliphatic carboxylic acids is 1. The zero-order valence-corrected chi connectivity index (χ0v) is 18.2. The van der Waals surface area contributed by atoms with E-state index in [1.165, 1.54) is 6.07 Å². The Labute approximate surface area is 190 Å². The summed E-state index contributed by atoms with van der Waals surface area (Å²) < 4.78 is 43.9. The van der Waals surface area contributed by atoms with Gasteiger partial charge in [-0.05, 0) is 61.5 Å². The molecule has 0 aromatic heterocycles. The summed E-state index contributed by atoms with van der Waals surface area (Å²) in [7, 11) is 0. The summed E-state index contributed by atoms with van der Waals surface area (Å²) in [5.41, 5.74) is -0.349. The Kier molecular flexibility index (Phi) is 9.92. The summed E-state index contributed by atoms with van der Waals surface area (Å²) >= 11 is 5.10. The van der Waals surface area contributed by atoms with E-state index in [0.717, 1.165) is 12.1 Å². The highest BCUT2D eigenvalue weighted by molar-refractivity contribution is 7.80. The van der Waals surface area contributed by atoms with Gasteiger partial charge in [0.15, 0.2) is 0 Å². The molecule has 1 fully saturated rings. The van der Waals surface area contributed by atoms with Gasteiger partial charge in [-0.3, -0.25) is 4.79 Å². The van der Waals surface area contributed by atoms with E-state index in [2.05, 4.69) is 5.32 Å². The SMILES string of the molecule is O=C(O)CCC/C=C\C[C@H]1C(O)CC(O)[C@@H]1COC(=S)NCc1cccc(C(F)(F)F)c1. The number of aliphatic hydroxyl groups is 2. The molecule has 4 N–H and O–H groups in total. The second-order valence-corrected chi connectivity index (χ2v) is 8.21. The fraction of sp³-hybridized carbons (Fsp3) is 0.545. The number of benzene rings is 1. The minimum absolute atomic E-state index is 0.000959. The van der Waals surface area contributed by atoms with Crippen LogP contribution < -0.4 is 5.32 Å². The van der Waals surface area contributed by atoms with Crippen LogP contribution in [0.2, 0.25) is 0 Å². The fourth-order valence-electron chi connectivity index (χ4n) is 3.73. The lowest BCUT2D eigenvalue weighted by atomic mass is 9.91. The second kappa shape index (κ2) is 12.2. The molecular formula is C22H28F3NO5S. The van der Waals surface area contributed by atoms with Crippen molar-refractivity contribution in [3.05, 3.63) is 47.5 Å². The minimum atomic E-state index is -4.42. The second-order valence-electron chi connectivity index (χ2n) is 7.84. The molecule has 178 valence electrons. The molecule has 0 spiro atoms. The Hall–Kier alpha value is -2.17. The van der Waals surface area contributed by atoms with Crippen LogP contribution in [0.3, 0.4) is 0 Å². The van der Waals surface area contributed by atoms with Gasteiger partial charge >= 0.3 is 12.1 Å². The average Bonchev–Trinajstić information content (AvgIpc) is 2.99. The average molecular weight is 476 g/mol. The van der Waals surface area contributed by atoms with Crippen molar-refractivity contribution in [1.29, 1.82) is 0 Å². The zero-order valence-electron chi connectivity index (χ0n) is 17.4. The van der Waals surface area contributed by atoms with Crippen molar-refractivity contribution in [2.24, 2.45) is 11.8 Å². The van der Waals surface area contributed by atoms with E-state index in [0.29, 0.717) is 24.8 Å². The van der Waals surface area contributed by atoms with Gasteiger partial charge in [0.1, 0.15) is 0 Å². The van der Waals surface area contributed by atoms with Crippen molar-refractivity contribution >= 4 is 23.4 Å². The molecule has 2 unspecified atom stereocenters. The van der Waals surface area contributed by atoms with Crippen LogP contribution >= 0.6 is 12.2 Å². The molecule has 32 heavy (non-hydrogen) atoms. The molecule has 6 nitrogen and oxygen atoms in total. The summed E-state index contributed by atoms with van der Waals surface area (Å²) in [6.45, 7) is 0.116. The molecule has 1 aromatic carbocycles. The number of carbonyl (C=O) groups is 1. The highest BCUT2D eigenvalue weighted by Crippen LogP contribution is 2.35. The molecule has 1 aromatic rings. The topological polar surface area (TPSA) is 99.0 Å². The maximum Gasteiger partial charge on any atom is 0.416 e. The van der Waals surface area contributed by atoms with Crippen molar-refractivity contribution in [3.8, 4) is 0 Å². The number of thiocarbonyl (C=S) groups is 1. The largest absolute Gasteiger partial charge is 0.481 e. The van der Waals surface area contributed by atoms with E-state index in [4.69, 9.17) is 22.1 Å². The number of rotatable bonds is 10. The molecule has 0 amide bonds. The maximum atomic E-state index is 12.8. The number of carboxylic acids is 1. The van der Waals surface area contributed by atoms with E-state index in [1.807, 2.05) is 12.2 Å². The minimum Gasteiger partial charge on any atom is -0.481 e. The van der Waals surface area contributed by atoms with Gasteiger partial charge in [-0.2, -0.15) is 13.2 Å². The van der Waals surface area contributed by atoms with Crippen LogP contribution in [-0.2, 0) is 22.3 Å². The van der Waals surface area contributed by atoms with Gasteiger partial charge in [0, 0.05) is 18.9 Å². The molecule has 1 aliphatic carbocycles. The fourth-order valence-corrected chi connectivity index (χ4v) is 3.87. The van der Waals surface area contributed by atoms with Crippen LogP contribution in [0, 0.1) is 11.8 Å². The first-order valence-electron chi connectivity index (χ1n) is 10.4. The molecular weight excluding hydrogens is 447 g/mol. The van der Waals surface area contributed by atoms with Gasteiger partial charge in [0.05, 0.1) is 24.4 Å². The number of unbranched alkanes of at least 4 members (excludes halogenated alkanes) is 1. The Morgan fingerprint density at radius 1 is 1.22 bits per heavy atom. The third kappa shape index (κ3) is 8.40. The molecule has 0 radical (unpaired) electrons. The number of alkyl halides is 3. The van der Waals surface area contributed by atoms with E-state index in [-0.39, 0.29) is 43.0 Å². The molecule has 4 atom stereocenters. The molecule has 2 rings (SSSR count). The molecule has 0 heterocycles. The summed E-state index contributed by atoms with van der Waals surface area (Å²) in [6.07, 6.45) is -0.203. The predicted octanol–water partition coefficient (Wildman–Crippen LogP) is 3.66. The van der Waals surface area contributed by atoms with Crippen molar-refractivity contribution < 1.29 is 38.0 Å². The lowest BCUT2D eigenvalue weighted by molar-refractivity contribution is -0.138. The Morgan fingerprint density at radius 3 is 2.62 bits per heavy atom. The number of aliphatic hydroxyl groups excluding tert-OH is 2. The molecule has 1 saturated carbocycles. The Morgan fingerprint density at radius 2 is 1.94 bits per heavy atom. The van der Waals surface area contributed by atoms with Crippen LogP contribution in [-0.4, -0.2) is 45.3 Å². The van der Waals surface area contributed by atoms with Gasteiger partial charge in [0.2, 0.25) is 0 Å². The molecule has 0 bridgehead atoms. The summed E-state index contributed by atoms with van der Waals surface area (Å²) in [4.78, 5) is 10.5. The molecule has 0 aliphatic heterocycles.